The van der Waals surface area contributed by atoms with Crippen LogP contribution in [0.2, 0.25) is 0 Å². The first-order valence-corrected chi connectivity index (χ1v) is 15.8. The normalized spacial score (nSPS) is 21.7. The third-order valence-corrected chi connectivity index (χ3v) is 9.12. The van der Waals surface area contributed by atoms with Gasteiger partial charge in [-0.25, -0.2) is 4.98 Å². The molecule has 0 radical (unpaired) electrons. The zero-order valence-electron chi connectivity index (χ0n) is 27.6. The highest BCUT2D eigenvalue weighted by atomic mass is 19.4. The molecule has 3 amide bonds. The standard InChI is InChI=1S/C34H43F3N6O4/c1-21-8-7-9-27-30(21)41(12-13-47-20-24-10-11-42(18-24)32(45)22(2)17-39(4)5)19-25-15-29(44)43(31(25)33(46)40(27)6)28-16-26(34(35,36)37)14-23(3)38-28/h7-9,14,16,24-25,31H,2,10-13,15,17-20H2,1,3-6H3/t24-,25-,31+/m1/s1. The maximum atomic E-state index is 14.0. The number of fused-ring (bicyclic) bond motifs is 2. The van der Waals surface area contributed by atoms with Crippen LogP contribution in [0.3, 0.4) is 0 Å². The van der Waals surface area contributed by atoms with Gasteiger partial charge in [-0.2, -0.15) is 13.2 Å². The molecule has 0 spiro atoms. The highest BCUT2D eigenvalue weighted by Gasteiger charge is 2.49. The van der Waals surface area contributed by atoms with Crippen molar-refractivity contribution in [2.45, 2.75) is 38.9 Å². The number of aryl methyl sites for hydroxylation is 2. The second kappa shape index (κ2) is 13.6. The number of para-hydroxylation sites is 1. The molecule has 13 heteroatoms. The van der Waals surface area contributed by atoms with E-state index in [-0.39, 0.29) is 35.7 Å². The fraction of sp³-hybridized carbons (Fsp3) is 0.529. The molecule has 0 N–H and O–H groups in total. The number of likely N-dealkylation sites (tertiary alicyclic amines) is 1. The van der Waals surface area contributed by atoms with Gasteiger partial charge in [-0.1, -0.05) is 18.7 Å². The van der Waals surface area contributed by atoms with Crippen molar-refractivity contribution in [3.8, 4) is 0 Å². The Hall–Kier alpha value is -3.97. The van der Waals surface area contributed by atoms with Gasteiger partial charge in [0, 0.05) is 69.3 Å². The molecular weight excluding hydrogens is 613 g/mol. The average molecular weight is 657 g/mol. The summed E-state index contributed by atoms with van der Waals surface area (Å²) in [5.74, 6) is -1.32. The summed E-state index contributed by atoms with van der Waals surface area (Å²) in [5.41, 5.74) is 2.18. The summed E-state index contributed by atoms with van der Waals surface area (Å²) in [4.78, 5) is 53.0. The number of rotatable bonds is 9. The first kappa shape index (κ1) is 34.4. The van der Waals surface area contributed by atoms with E-state index in [0.717, 1.165) is 34.7 Å². The fourth-order valence-corrected chi connectivity index (χ4v) is 6.96. The van der Waals surface area contributed by atoms with Crippen molar-refractivity contribution < 1.29 is 32.3 Å². The van der Waals surface area contributed by atoms with E-state index in [0.29, 0.717) is 57.2 Å². The van der Waals surface area contributed by atoms with Crippen LogP contribution in [-0.2, 0) is 25.3 Å². The first-order chi connectivity index (χ1) is 22.1. The van der Waals surface area contributed by atoms with Gasteiger partial charge in [-0.15, -0.1) is 0 Å². The van der Waals surface area contributed by atoms with Gasteiger partial charge in [-0.3, -0.25) is 19.3 Å². The van der Waals surface area contributed by atoms with E-state index >= 15 is 0 Å². The minimum atomic E-state index is -4.63. The third kappa shape index (κ3) is 7.30. The second-order valence-electron chi connectivity index (χ2n) is 13.1. The second-order valence-corrected chi connectivity index (χ2v) is 13.1. The highest BCUT2D eigenvalue weighted by Crippen LogP contribution is 2.41. The lowest BCUT2D eigenvalue weighted by Gasteiger charge is -2.39. The van der Waals surface area contributed by atoms with Crippen molar-refractivity contribution in [3.63, 3.8) is 0 Å². The van der Waals surface area contributed by atoms with Gasteiger partial charge in [0.1, 0.15) is 11.9 Å². The number of anilines is 3. The van der Waals surface area contributed by atoms with Gasteiger partial charge in [0.05, 0.1) is 30.2 Å². The third-order valence-electron chi connectivity index (χ3n) is 9.12. The summed E-state index contributed by atoms with van der Waals surface area (Å²) < 4.78 is 47.3. The van der Waals surface area contributed by atoms with Gasteiger partial charge in [0.15, 0.2) is 0 Å². The Bertz CT molecular complexity index is 1550. The minimum Gasteiger partial charge on any atom is -0.379 e. The number of nitrogens with zero attached hydrogens (tertiary/aromatic N) is 6. The Balaban J connectivity index is 1.33. The largest absolute Gasteiger partial charge is 0.416 e. The number of hydrogen-bond acceptors (Lipinski definition) is 7. The molecule has 3 aliphatic rings. The minimum absolute atomic E-state index is 0.00908. The van der Waals surface area contributed by atoms with Gasteiger partial charge in [0.2, 0.25) is 11.8 Å². The number of pyridine rings is 1. The molecule has 0 saturated carbocycles. The molecule has 1 aromatic carbocycles. The van der Waals surface area contributed by atoms with E-state index in [1.807, 2.05) is 49.0 Å². The Labute approximate surface area is 273 Å². The van der Waals surface area contributed by atoms with Gasteiger partial charge in [-0.05, 0) is 58.1 Å². The maximum absolute atomic E-state index is 14.0. The quantitative estimate of drug-likeness (QED) is 0.299. The van der Waals surface area contributed by atoms with Crippen LogP contribution in [0.5, 0.6) is 0 Å². The number of carbonyl (C=O) groups is 3. The Morgan fingerprint density at radius 3 is 2.60 bits per heavy atom. The number of ether oxygens (including phenoxy) is 1. The molecule has 10 nitrogen and oxygen atoms in total. The van der Waals surface area contributed by atoms with E-state index < -0.39 is 29.6 Å². The van der Waals surface area contributed by atoms with Gasteiger partial charge in [0.25, 0.3) is 5.91 Å². The number of alkyl halides is 3. The van der Waals surface area contributed by atoms with Crippen LogP contribution in [0.4, 0.5) is 30.4 Å². The van der Waals surface area contributed by atoms with E-state index in [9.17, 15) is 27.6 Å². The maximum Gasteiger partial charge on any atom is 0.416 e. The first-order valence-electron chi connectivity index (χ1n) is 15.8. The average Bonchev–Trinajstić information content (AvgIpc) is 3.59. The number of benzene rings is 1. The smallest absolute Gasteiger partial charge is 0.379 e. The number of amides is 3. The lowest BCUT2D eigenvalue weighted by atomic mass is 9.95. The Morgan fingerprint density at radius 2 is 1.89 bits per heavy atom. The van der Waals surface area contributed by atoms with Crippen LogP contribution >= 0.6 is 0 Å². The molecule has 2 saturated heterocycles. The molecule has 0 unspecified atom stereocenters. The van der Waals surface area contributed by atoms with Crippen molar-refractivity contribution >= 4 is 34.9 Å². The van der Waals surface area contributed by atoms with Crippen molar-refractivity contribution in [2.24, 2.45) is 11.8 Å². The van der Waals surface area contributed by atoms with Crippen LogP contribution < -0.4 is 14.7 Å². The summed E-state index contributed by atoms with van der Waals surface area (Å²) >= 11 is 0. The summed E-state index contributed by atoms with van der Waals surface area (Å²) in [6, 6.07) is 6.39. The van der Waals surface area contributed by atoms with E-state index in [2.05, 4.69) is 16.5 Å². The molecule has 1 aromatic heterocycles. The number of halogens is 3. The molecule has 0 aliphatic carbocycles. The van der Waals surface area contributed by atoms with E-state index in [1.54, 1.807) is 7.05 Å². The summed E-state index contributed by atoms with van der Waals surface area (Å²) in [7, 11) is 5.43. The molecule has 47 heavy (non-hydrogen) atoms. The van der Waals surface area contributed by atoms with Crippen LogP contribution in [0.15, 0.2) is 42.5 Å². The number of hydrogen-bond donors (Lipinski definition) is 0. The predicted octanol–water partition coefficient (Wildman–Crippen LogP) is 3.90. The lowest BCUT2D eigenvalue weighted by molar-refractivity contribution is -0.137. The monoisotopic (exact) mass is 656 g/mol. The van der Waals surface area contributed by atoms with Crippen LogP contribution in [0, 0.1) is 25.7 Å². The SMILES string of the molecule is C=C(CN(C)C)C(=O)N1CC[C@@H](COCCN2C[C@H]3CC(=O)N(c4cc(C(F)(F)F)cc(C)n4)[C@@H]3C(=O)N(C)c3cccc(C)c32)C1. The highest BCUT2D eigenvalue weighted by molar-refractivity contribution is 6.10. The van der Waals surface area contributed by atoms with Gasteiger partial charge >= 0.3 is 6.18 Å². The lowest BCUT2D eigenvalue weighted by Crippen LogP contribution is -2.52. The van der Waals surface area contributed by atoms with Crippen LogP contribution in [0.25, 0.3) is 0 Å². The van der Waals surface area contributed by atoms with Gasteiger partial charge < -0.3 is 24.3 Å². The molecule has 2 fully saturated rings. The molecule has 2 aromatic rings. The number of aromatic nitrogens is 1. The topological polar surface area (TPSA) is 89.5 Å². The molecule has 4 heterocycles. The number of carbonyl (C=O) groups excluding carboxylic acids is 3. The molecular formula is C34H43F3N6O4. The fourth-order valence-electron chi connectivity index (χ4n) is 6.96. The van der Waals surface area contributed by atoms with E-state index in [1.165, 1.54) is 11.8 Å². The zero-order valence-corrected chi connectivity index (χ0v) is 27.6. The van der Waals surface area contributed by atoms with Crippen LogP contribution in [0.1, 0.15) is 29.7 Å². The Morgan fingerprint density at radius 1 is 1.15 bits per heavy atom. The molecule has 5 rings (SSSR count). The van der Waals surface area contributed by atoms with Crippen molar-refractivity contribution in [1.82, 2.24) is 14.8 Å². The molecule has 0 bridgehead atoms. The summed E-state index contributed by atoms with van der Waals surface area (Å²) in [6.07, 6.45) is -3.80. The predicted molar refractivity (Wildman–Crippen MR) is 173 cm³/mol. The van der Waals surface area contributed by atoms with Crippen molar-refractivity contribution in [2.75, 3.05) is 81.8 Å². The van der Waals surface area contributed by atoms with Crippen LogP contribution in [-0.4, -0.2) is 106 Å². The molecule has 3 atom stereocenters. The summed E-state index contributed by atoms with van der Waals surface area (Å²) in [5, 5.41) is 0. The molecule has 254 valence electrons. The Kier molecular flexibility index (Phi) is 9.97. The molecule has 3 aliphatic heterocycles. The number of likely N-dealkylation sites (N-methyl/N-ethyl adjacent to an activating group) is 2. The van der Waals surface area contributed by atoms with E-state index in [4.69, 9.17) is 4.74 Å². The van der Waals surface area contributed by atoms with Crippen molar-refractivity contribution in [3.05, 3.63) is 59.3 Å². The van der Waals surface area contributed by atoms with Crippen molar-refractivity contribution in [1.29, 1.82) is 0 Å². The summed E-state index contributed by atoms with van der Waals surface area (Å²) in [6.45, 7) is 10.8. The zero-order chi connectivity index (χ0) is 34.2.